The number of hydrogen-bond donors (Lipinski definition) is 1. The molecule has 2 aliphatic carbocycles. The Morgan fingerprint density at radius 1 is 0.683 bits per heavy atom. The number of ether oxygens (including phenoxy) is 4. The standard InChI is InChI=1S/C22H31N3O3.C21H29N3O3.C4H8O/c1-14-6-9-17-16(12-14)23-20(15-7-8-15)25(17)18-10-11-24(13-19(18)27-5)21(26)28-22(2,3)4;1-13-5-8-16-15(11-13)22-19(14-6-7-14)24(16)17-9-10-23(12-18(17)25)20(26)27-21(2,3)4;1-2-4-5-3-1/h6,9,12,15,18-19H,7-8,10-11,13H2,1-5H3;5,8,11,14,17-18,25H,6-7,9-10,12H2,1-4H3;1-4H2/t18-,19-;17-,18-;/m00./s1. The van der Waals surface area contributed by atoms with Crippen molar-refractivity contribution in [2.75, 3.05) is 46.5 Å². The fraction of sp³-hybridized carbons (Fsp3) is 0.660. The van der Waals surface area contributed by atoms with Gasteiger partial charge in [0.15, 0.2) is 0 Å². The maximum absolute atomic E-state index is 12.5. The van der Waals surface area contributed by atoms with Crippen LogP contribution in [-0.2, 0) is 18.9 Å². The smallest absolute Gasteiger partial charge is 0.410 e. The van der Waals surface area contributed by atoms with E-state index in [0.717, 1.165) is 54.9 Å². The van der Waals surface area contributed by atoms with Crippen LogP contribution in [0, 0.1) is 13.8 Å². The molecule has 13 heteroatoms. The van der Waals surface area contributed by atoms with Gasteiger partial charge >= 0.3 is 12.2 Å². The summed E-state index contributed by atoms with van der Waals surface area (Å²) < 4.78 is 26.5. The van der Waals surface area contributed by atoms with Crippen LogP contribution in [0.2, 0.25) is 0 Å². The molecule has 0 radical (unpaired) electrons. The third kappa shape index (κ3) is 10.6. The van der Waals surface area contributed by atoms with Crippen LogP contribution in [0.4, 0.5) is 9.59 Å². The minimum absolute atomic E-state index is 0.0630. The van der Waals surface area contributed by atoms with Crippen LogP contribution in [-0.4, -0.2) is 116 Å². The molecule has 5 fully saturated rings. The Bertz CT molecular complexity index is 2110. The lowest BCUT2D eigenvalue weighted by Gasteiger charge is -2.39. The van der Waals surface area contributed by atoms with Crippen molar-refractivity contribution < 1.29 is 33.6 Å². The minimum Gasteiger partial charge on any atom is -0.444 e. The molecule has 4 aromatic rings. The van der Waals surface area contributed by atoms with Crippen molar-refractivity contribution in [1.82, 2.24) is 28.9 Å². The summed E-state index contributed by atoms with van der Waals surface area (Å²) in [6.07, 6.45) is 7.48. The molecule has 3 aliphatic heterocycles. The van der Waals surface area contributed by atoms with Crippen LogP contribution in [0.5, 0.6) is 0 Å². The van der Waals surface area contributed by atoms with Crippen LogP contribution in [0.25, 0.3) is 22.1 Å². The van der Waals surface area contributed by atoms with Gasteiger partial charge in [-0.2, -0.15) is 0 Å². The summed E-state index contributed by atoms with van der Waals surface area (Å²) in [5.74, 6) is 3.31. The molecule has 3 saturated heterocycles. The highest BCUT2D eigenvalue weighted by molar-refractivity contribution is 5.78. The molecule has 5 heterocycles. The first-order chi connectivity index (χ1) is 28.5. The molecule has 0 unspecified atom stereocenters. The van der Waals surface area contributed by atoms with Gasteiger partial charge in [-0.05, 0) is 142 Å². The topological polar surface area (TPSA) is 133 Å². The van der Waals surface area contributed by atoms with Gasteiger partial charge in [-0.25, -0.2) is 19.6 Å². The summed E-state index contributed by atoms with van der Waals surface area (Å²) in [5.41, 5.74) is 5.70. The van der Waals surface area contributed by atoms with Crippen LogP contribution < -0.4 is 0 Å². The lowest BCUT2D eigenvalue weighted by molar-refractivity contribution is -0.0249. The van der Waals surface area contributed by atoms with Crippen molar-refractivity contribution in [3.05, 3.63) is 59.2 Å². The number of fused-ring (bicyclic) bond motifs is 2. The Kier molecular flexibility index (Phi) is 13.2. The summed E-state index contributed by atoms with van der Waals surface area (Å²) in [6, 6.07) is 12.9. The number of carbonyl (C=O) groups excluding carboxylic acids is 2. The van der Waals surface area contributed by atoms with Gasteiger partial charge in [0, 0.05) is 45.2 Å². The van der Waals surface area contributed by atoms with Gasteiger partial charge < -0.3 is 43.0 Å². The fourth-order valence-electron chi connectivity index (χ4n) is 8.56. The molecule has 13 nitrogen and oxygen atoms in total. The van der Waals surface area contributed by atoms with Crippen LogP contribution in [0.15, 0.2) is 36.4 Å². The Balaban J connectivity index is 0.000000162. The molecule has 0 spiro atoms. The zero-order valence-corrected chi connectivity index (χ0v) is 37.4. The number of aromatic nitrogens is 4. The van der Waals surface area contributed by atoms with Gasteiger partial charge in [-0.15, -0.1) is 0 Å². The summed E-state index contributed by atoms with van der Waals surface area (Å²) >= 11 is 0. The third-order valence-corrected chi connectivity index (χ3v) is 11.8. The van der Waals surface area contributed by atoms with Gasteiger partial charge in [-0.1, -0.05) is 12.1 Å². The van der Waals surface area contributed by atoms with E-state index in [1.807, 2.05) is 41.5 Å². The maximum atomic E-state index is 12.5. The fourth-order valence-corrected chi connectivity index (χ4v) is 8.56. The molecule has 2 aromatic heterocycles. The number of amides is 2. The molecule has 2 saturated carbocycles. The van der Waals surface area contributed by atoms with Crippen molar-refractivity contribution in [2.45, 2.75) is 154 Å². The number of aliphatic hydroxyl groups is 1. The second-order valence-electron chi connectivity index (χ2n) is 19.4. The SMILES string of the molecule is C1CCOC1.CO[C@H]1CN(C(=O)OC(C)(C)C)CC[C@@H]1n1c(C2CC2)nc2cc(C)ccc21.Cc1ccc2c(c1)nc(C1CC1)n2[C@H]1CCN(C(=O)OC(C)(C)C)C[C@@H]1O. The van der Waals surface area contributed by atoms with E-state index in [1.165, 1.54) is 48.2 Å². The second kappa shape index (κ2) is 18.0. The van der Waals surface area contributed by atoms with E-state index in [9.17, 15) is 14.7 Å². The molecule has 0 bridgehead atoms. The number of benzene rings is 2. The summed E-state index contributed by atoms with van der Waals surface area (Å²) in [4.78, 5) is 38.2. The molecule has 60 heavy (non-hydrogen) atoms. The van der Waals surface area contributed by atoms with E-state index >= 15 is 0 Å². The van der Waals surface area contributed by atoms with E-state index in [0.29, 0.717) is 37.9 Å². The molecule has 1 N–H and O–H groups in total. The van der Waals surface area contributed by atoms with Crippen LogP contribution >= 0.6 is 0 Å². The lowest BCUT2D eigenvalue weighted by Crippen LogP contribution is -2.49. The number of hydrogen-bond acceptors (Lipinski definition) is 9. The number of piperidine rings is 2. The predicted octanol–water partition coefficient (Wildman–Crippen LogP) is 8.98. The molecular weight excluding hydrogens is 761 g/mol. The number of nitrogens with zero attached hydrogens (tertiary/aromatic N) is 6. The van der Waals surface area contributed by atoms with Gasteiger partial charge in [0.2, 0.25) is 0 Å². The first kappa shape index (κ1) is 43.9. The molecule has 4 atom stereocenters. The highest BCUT2D eigenvalue weighted by Gasteiger charge is 2.40. The summed E-state index contributed by atoms with van der Waals surface area (Å²) in [7, 11) is 1.73. The zero-order chi connectivity index (χ0) is 42.9. The largest absolute Gasteiger partial charge is 0.444 e. The molecule has 9 rings (SSSR count). The van der Waals surface area contributed by atoms with Gasteiger partial charge in [0.1, 0.15) is 22.9 Å². The van der Waals surface area contributed by atoms with Gasteiger partial charge in [0.25, 0.3) is 0 Å². The Labute approximate surface area is 355 Å². The average molecular weight is 829 g/mol. The molecular formula is C47H68N6O7. The van der Waals surface area contributed by atoms with E-state index in [2.05, 4.69) is 59.4 Å². The minimum atomic E-state index is -0.637. The van der Waals surface area contributed by atoms with Gasteiger partial charge in [0.05, 0.1) is 59.4 Å². The maximum Gasteiger partial charge on any atom is 0.410 e. The number of carbonyl (C=O) groups is 2. The molecule has 2 aromatic carbocycles. The van der Waals surface area contributed by atoms with Crippen LogP contribution in [0.1, 0.15) is 140 Å². The number of imidazole rings is 2. The van der Waals surface area contributed by atoms with Crippen molar-refractivity contribution >= 4 is 34.3 Å². The number of aryl methyl sites for hydroxylation is 2. The summed E-state index contributed by atoms with van der Waals surface area (Å²) in [5, 5.41) is 10.9. The van der Waals surface area contributed by atoms with E-state index in [-0.39, 0.29) is 36.9 Å². The number of β-amino-alcohol motifs (C(OH)–C–C–N with tert-alkyl or cyclic N) is 1. The first-order valence-corrected chi connectivity index (χ1v) is 22.2. The average Bonchev–Trinajstić information content (AvgIpc) is 4.07. The van der Waals surface area contributed by atoms with Crippen molar-refractivity contribution in [3.8, 4) is 0 Å². The third-order valence-electron chi connectivity index (χ3n) is 11.8. The van der Waals surface area contributed by atoms with Crippen molar-refractivity contribution in [2.24, 2.45) is 0 Å². The number of likely N-dealkylation sites (tertiary alicyclic amines) is 2. The zero-order valence-electron chi connectivity index (χ0n) is 37.4. The normalized spacial score (nSPS) is 23.5. The monoisotopic (exact) mass is 829 g/mol. The number of rotatable bonds is 5. The van der Waals surface area contributed by atoms with Crippen LogP contribution in [0.3, 0.4) is 0 Å². The van der Waals surface area contributed by atoms with E-state index in [4.69, 9.17) is 28.9 Å². The highest BCUT2D eigenvalue weighted by Crippen LogP contribution is 2.45. The molecule has 5 aliphatic rings. The number of methoxy groups -OCH3 is 1. The Morgan fingerprint density at radius 2 is 1.13 bits per heavy atom. The predicted molar refractivity (Wildman–Crippen MR) is 233 cm³/mol. The van der Waals surface area contributed by atoms with E-state index < -0.39 is 17.3 Å². The Morgan fingerprint density at radius 3 is 1.53 bits per heavy atom. The van der Waals surface area contributed by atoms with Crippen molar-refractivity contribution in [1.29, 1.82) is 0 Å². The second-order valence-corrected chi connectivity index (χ2v) is 19.4. The van der Waals surface area contributed by atoms with E-state index in [1.54, 1.807) is 16.9 Å². The quantitative estimate of drug-likeness (QED) is 0.209. The molecule has 328 valence electrons. The highest BCUT2D eigenvalue weighted by atomic mass is 16.6. The number of aliphatic hydroxyl groups excluding tert-OH is 1. The summed E-state index contributed by atoms with van der Waals surface area (Å²) in [6.45, 7) is 19.5. The lowest BCUT2D eigenvalue weighted by atomic mass is 10.0. The Hall–Kier alpha value is -4.20. The van der Waals surface area contributed by atoms with Gasteiger partial charge in [-0.3, -0.25) is 0 Å². The first-order valence-electron chi connectivity index (χ1n) is 22.2. The molecule has 2 amide bonds. The van der Waals surface area contributed by atoms with Crippen molar-refractivity contribution in [3.63, 3.8) is 0 Å².